The van der Waals surface area contributed by atoms with Crippen molar-refractivity contribution in [1.82, 2.24) is 4.90 Å². The number of carbonyl (C=O) groups excluding carboxylic acids is 2. The maximum Gasteiger partial charge on any atom is 0.346 e. The lowest BCUT2D eigenvalue weighted by Crippen LogP contribution is -2.39. The fourth-order valence-corrected chi connectivity index (χ4v) is 4.03. The smallest absolute Gasteiger partial charge is 0.343 e. The van der Waals surface area contributed by atoms with Gasteiger partial charge in [-0.05, 0) is 43.4 Å². The molecular weight excluding hydrogens is 428 g/mol. The summed E-state index contributed by atoms with van der Waals surface area (Å²) in [4.78, 5) is 50.2. The summed E-state index contributed by atoms with van der Waals surface area (Å²) in [6, 6.07) is 10.4. The van der Waals surface area contributed by atoms with Crippen molar-refractivity contribution in [2.45, 2.75) is 39.0 Å². The summed E-state index contributed by atoms with van der Waals surface area (Å²) in [7, 11) is 0. The van der Waals surface area contributed by atoms with Crippen molar-refractivity contribution in [2.24, 2.45) is 0 Å². The Hall–Kier alpha value is -3.82. The summed E-state index contributed by atoms with van der Waals surface area (Å²) in [5.41, 5.74) is 0.00469. The first kappa shape index (κ1) is 23.8. The Bertz CT molecular complexity index is 1060. The minimum absolute atomic E-state index is 0.0452. The van der Waals surface area contributed by atoms with E-state index in [0.717, 1.165) is 37.0 Å². The van der Waals surface area contributed by atoms with E-state index in [-0.39, 0.29) is 24.4 Å². The third-order valence-corrected chi connectivity index (χ3v) is 5.78. The molecule has 0 saturated carbocycles. The van der Waals surface area contributed by atoms with Gasteiger partial charge < -0.3 is 9.80 Å². The SMILES string of the molecule is CCc1ccccc1N(CCC(=O)N1CCCCC1)C(=O)c1ccc([N+](=O)[O-])c([N+](=O)[O-])c1. The van der Waals surface area contributed by atoms with E-state index in [0.29, 0.717) is 25.2 Å². The minimum Gasteiger partial charge on any atom is -0.343 e. The molecule has 0 spiro atoms. The molecule has 1 aliphatic heterocycles. The molecule has 1 heterocycles. The van der Waals surface area contributed by atoms with Gasteiger partial charge in [0.25, 0.3) is 5.91 Å². The second kappa shape index (κ2) is 10.7. The molecular formula is C23H26N4O6. The van der Waals surface area contributed by atoms with Crippen LogP contribution < -0.4 is 4.90 Å². The number of nitrogens with zero attached hydrogens (tertiary/aromatic N) is 4. The zero-order valence-corrected chi connectivity index (χ0v) is 18.4. The molecule has 2 aromatic carbocycles. The molecule has 3 rings (SSSR count). The maximum absolute atomic E-state index is 13.5. The van der Waals surface area contributed by atoms with E-state index >= 15 is 0 Å². The van der Waals surface area contributed by atoms with E-state index in [4.69, 9.17) is 0 Å². The van der Waals surface area contributed by atoms with E-state index in [1.807, 2.05) is 19.1 Å². The Morgan fingerprint density at radius 1 is 0.970 bits per heavy atom. The average molecular weight is 454 g/mol. The van der Waals surface area contributed by atoms with E-state index in [1.165, 1.54) is 11.0 Å². The molecule has 10 nitrogen and oxygen atoms in total. The van der Waals surface area contributed by atoms with Crippen molar-refractivity contribution >= 4 is 28.9 Å². The summed E-state index contributed by atoms with van der Waals surface area (Å²) < 4.78 is 0. The third kappa shape index (κ3) is 5.51. The van der Waals surface area contributed by atoms with Crippen LogP contribution in [0.5, 0.6) is 0 Å². The highest BCUT2D eigenvalue weighted by atomic mass is 16.6. The number of likely N-dealkylation sites (tertiary alicyclic amines) is 1. The molecule has 0 aromatic heterocycles. The van der Waals surface area contributed by atoms with Crippen LogP contribution in [0.2, 0.25) is 0 Å². The van der Waals surface area contributed by atoms with Crippen molar-refractivity contribution in [1.29, 1.82) is 0 Å². The van der Waals surface area contributed by atoms with Crippen LogP contribution in [0, 0.1) is 20.2 Å². The standard InChI is InChI=1S/C23H26N4O6/c1-2-17-8-4-5-9-19(17)25(15-12-22(28)24-13-6-3-7-14-24)23(29)18-10-11-20(26(30)31)21(16-18)27(32)33/h4-5,8-11,16H,2-3,6-7,12-15H2,1H3. The van der Waals surface area contributed by atoms with Gasteiger partial charge in [-0.15, -0.1) is 0 Å². The molecule has 2 amide bonds. The number of carbonyl (C=O) groups is 2. The quantitative estimate of drug-likeness (QED) is 0.436. The number of anilines is 1. The number of piperidine rings is 1. The van der Waals surface area contributed by atoms with Crippen molar-refractivity contribution in [2.75, 3.05) is 24.5 Å². The minimum atomic E-state index is -0.876. The highest BCUT2D eigenvalue weighted by Gasteiger charge is 2.29. The summed E-state index contributed by atoms with van der Waals surface area (Å²) in [6.45, 7) is 3.44. The van der Waals surface area contributed by atoms with Crippen LogP contribution in [-0.4, -0.2) is 46.2 Å². The molecule has 1 fully saturated rings. The van der Waals surface area contributed by atoms with E-state index in [9.17, 15) is 29.8 Å². The van der Waals surface area contributed by atoms with E-state index < -0.39 is 27.1 Å². The Morgan fingerprint density at radius 3 is 2.27 bits per heavy atom. The summed E-state index contributed by atoms with van der Waals surface area (Å²) >= 11 is 0. The zero-order valence-electron chi connectivity index (χ0n) is 18.4. The summed E-state index contributed by atoms with van der Waals surface area (Å²) in [5.74, 6) is -0.600. The largest absolute Gasteiger partial charge is 0.346 e. The Balaban J connectivity index is 1.94. The fourth-order valence-electron chi connectivity index (χ4n) is 4.03. The molecule has 33 heavy (non-hydrogen) atoms. The second-order valence-corrected chi connectivity index (χ2v) is 7.85. The maximum atomic E-state index is 13.5. The van der Waals surface area contributed by atoms with Crippen LogP contribution in [0.4, 0.5) is 17.1 Å². The van der Waals surface area contributed by atoms with Gasteiger partial charge in [0, 0.05) is 49.4 Å². The Labute approximate surface area is 191 Å². The number of aryl methyl sites for hydroxylation is 1. The molecule has 0 aliphatic carbocycles. The van der Waals surface area contributed by atoms with Gasteiger partial charge in [-0.25, -0.2) is 0 Å². The monoisotopic (exact) mass is 454 g/mol. The summed E-state index contributed by atoms with van der Waals surface area (Å²) in [5, 5.41) is 22.5. The zero-order chi connectivity index (χ0) is 24.0. The summed E-state index contributed by atoms with van der Waals surface area (Å²) in [6.07, 6.45) is 3.76. The van der Waals surface area contributed by atoms with Crippen molar-refractivity contribution in [3.63, 3.8) is 0 Å². The Morgan fingerprint density at radius 2 is 1.64 bits per heavy atom. The molecule has 0 bridgehead atoms. The molecule has 2 aromatic rings. The number of nitro benzene ring substituents is 2. The normalized spacial score (nSPS) is 13.4. The van der Waals surface area contributed by atoms with Gasteiger partial charge in [0.15, 0.2) is 0 Å². The van der Waals surface area contributed by atoms with Crippen LogP contribution in [0.1, 0.15) is 48.5 Å². The van der Waals surface area contributed by atoms with Crippen LogP contribution in [-0.2, 0) is 11.2 Å². The molecule has 0 N–H and O–H groups in total. The van der Waals surface area contributed by atoms with Crippen LogP contribution in [0.25, 0.3) is 0 Å². The van der Waals surface area contributed by atoms with Crippen LogP contribution >= 0.6 is 0 Å². The molecule has 0 unspecified atom stereocenters. The van der Waals surface area contributed by atoms with Gasteiger partial charge in [0.2, 0.25) is 5.91 Å². The molecule has 10 heteroatoms. The van der Waals surface area contributed by atoms with Gasteiger partial charge in [0.05, 0.1) is 9.85 Å². The van der Waals surface area contributed by atoms with Crippen LogP contribution in [0.15, 0.2) is 42.5 Å². The van der Waals surface area contributed by atoms with Gasteiger partial charge >= 0.3 is 11.4 Å². The van der Waals surface area contributed by atoms with Gasteiger partial charge in [-0.1, -0.05) is 25.1 Å². The number of benzene rings is 2. The molecule has 1 aliphatic rings. The predicted molar refractivity (Wildman–Crippen MR) is 122 cm³/mol. The molecule has 0 radical (unpaired) electrons. The number of rotatable bonds is 8. The molecule has 1 saturated heterocycles. The van der Waals surface area contributed by atoms with Crippen molar-refractivity contribution < 1.29 is 19.4 Å². The predicted octanol–water partition coefficient (Wildman–Crippen LogP) is 4.11. The molecule has 0 atom stereocenters. The number of hydrogen-bond donors (Lipinski definition) is 0. The first-order chi connectivity index (χ1) is 15.8. The van der Waals surface area contributed by atoms with Gasteiger partial charge in [-0.2, -0.15) is 0 Å². The van der Waals surface area contributed by atoms with Crippen molar-refractivity contribution in [3.8, 4) is 0 Å². The van der Waals surface area contributed by atoms with Crippen molar-refractivity contribution in [3.05, 3.63) is 73.8 Å². The lowest BCUT2D eigenvalue weighted by molar-refractivity contribution is -0.422. The van der Waals surface area contributed by atoms with Gasteiger partial charge in [0.1, 0.15) is 0 Å². The Kier molecular flexibility index (Phi) is 7.70. The second-order valence-electron chi connectivity index (χ2n) is 7.85. The third-order valence-electron chi connectivity index (χ3n) is 5.78. The highest BCUT2D eigenvalue weighted by molar-refractivity contribution is 6.07. The number of hydrogen-bond acceptors (Lipinski definition) is 6. The average Bonchev–Trinajstić information content (AvgIpc) is 2.84. The number of nitro groups is 2. The lowest BCUT2D eigenvalue weighted by Gasteiger charge is -2.29. The first-order valence-electron chi connectivity index (χ1n) is 10.9. The highest BCUT2D eigenvalue weighted by Crippen LogP contribution is 2.30. The lowest BCUT2D eigenvalue weighted by atomic mass is 10.1. The number of amides is 2. The van der Waals surface area contributed by atoms with Crippen LogP contribution in [0.3, 0.4) is 0 Å². The van der Waals surface area contributed by atoms with E-state index in [1.54, 1.807) is 17.0 Å². The number of para-hydroxylation sites is 1. The van der Waals surface area contributed by atoms with Gasteiger partial charge in [-0.3, -0.25) is 29.8 Å². The van der Waals surface area contributed by atoms with E-state index in [2.05, 4.69) is 0 Å². The molecule has 174 valence electrons. The fraction of sp³-hybridized carbons (Fsp3) is 0.391. The topological polar surface area (TPSA) is 127 Å². The first-order valence-corrected chi connectivity index (χ1v) is 10.9.